The van der Waals surface area contributed by atoms with Crippen LogP contribution in [0.2, 0.25) is 0 Å². The Labute approximate surface area is 153 Å². The molecule has 0 saturated carbocycles. The van der Waals surface area contributed by atoms with Gasteiger partial charge in [0.25, 0.3) is 0 Å². The molecule has 2 unspecified atom stereocenters. The van der Waals surface area contributed by atoms with Crippen molar-refractivity contribution in [3.05, 3.63) is 71.3 Å². The summed E-state index contributed by atoms with van der Waals surface area (Å²) in [5.41, 5.74) is 7.23. The van der Waals surface area contributed by atoms with E-state index in [0.29, 0.717) is 11.1 Å². The number of rotatable bonds is 7. The first-order valence-corrected chi connectivity index (χ1v) is 8.44. The van der Waals surface area contributed by atoms with E-state index in [0.717, 1.165) is 5.56 Å². The molecule has 0 aliphatic carbocycles. The molecule has 0 aliphatic heterocycles. The Morgan fingerprint density at radius 3 is 2.31 bits per heavy atom. The number of hydrogen-bond donors (Lipinski definition) is 3. The average Bonchev–Trinajstić information content (AvgIpc) is 2.64. The van der Waals surface area contributed by atoms with Crippen LogP contribution in [0.3, 0.4) is 0 Å². The number of aliphatic hydroxyl groups is 1. The lowest BCUT2D eigenvalue weighted by Gasteiger charge is -2.24. The minimum absolute atomic E-state index is 0.138. The van der Waals surface area contributed by atoms with Crippen molar-refractivity contribution in [2.45, 2.75) is 38.6 Å². The van der Waals surface area contributed by atoms with E-state index >= 15 is 0 Å². The van der Waals surface area contributed by atoms with Gasteiger partial charge in [-0.1, -0.05) is 48.5 Å². The molecular weight excluding hydrogens is 332 g/mol. The van der Waals surface area contributed by atoms with E-state index in [9.17, 15) is 14.7 Å². The van der Waals surface area contributed by atoms with Crippen LogP contribution in [0.15, 0.2) is 54.6 Å². The fourth-order valence-corrected chi connectivity index (χ4v) is 2.50. The number of nitrogens with two attached hydrogens (primary N) is 1. The fourth-order valence-electron chi connectivity index (χ4n) is 2.50. The highest BCUT2D eigenvalue weighted by molar-refractivity contribution is 5.91. The Morgan fingerprint density at radius 1 is 1.08 bits per heavy atom. The summed E-state index contributed by atoms with van der Waals surface area (Å²) in [5, 5.41) is 12.8. The maximum Gasteiger partial charge on any atom is 0.338 e. The predicted octanol–water partition coefficient (Wildman–Crippen LogP) is 1.93. The molecule has 4 N–H and O–H groups in total. The topological polar surface area (TPSA) is 102 Å². The molecule has 0 radical (unpaired) electrons. The third kappa shape index (κ3) is 5.15. The first kappa shape index (κ1) is 19.6. The molecule has 2 aromatic carbocycles. The monoisotopic (exact) mass is 356 g/mol. The third-order valence-electron chi connectivity index (χ3n) is 3.92. The Morgan fingerprint density at radius 2 is 1.69 bits per heavy atom. The number of carbonyl (C=O) groups is 2. The molecule has 6 heteroatoms. The van der Waals surface area contributed by atoms with Crippen molar-refractivity contribution in [3.63, 3.8) is 0 Å². The Balaban J connectivity index is 2.21. The number of carbonyl (C=O) groups excluding carboxylic acids is 2. The van der Waals surface area contributed by atoms with Crippen LogP contribution in [0, 0.1) is 0 Å². The number of aliphatic hydroxyl groups excluding tert-OH is 1. The summed E-state index contributed by atoms with van der Waals surface area (Å²) in [4.78, 5) is 24.5. The lowest BCUT2D eigenvalue weighted by molar-refractivity contribution is -0.123. The summed E-state index contributed by atoms with van der Waals surface area (Å²) >= 11 is 0. The largest absolute Gasteiger partial charge is 0.457 e. The summed E-state index contributed by atoms with van der Waals surface area (Å²) in [6.45, 7) is 3.23. The molecule has 138 valence electrons. The van der Waals surface area contributed by atoms with Gasteiger partial charge in [-0.05, 0) is 31.0 Å². The summed E-state index contributed by atoms with van der Waals surface area (Å²) < 4.78 is 5.38. The van der Waals surface area contributed by atoms with Crippen LogP contribution in [-0.2, 0) is 16.1 Å². The second kappa shape index (κ2) is 9.12. The quantitative estimate of drug-likeness (QED) is 0.658. The molecule has 0 saturated heterocycles. The van der Waals surface area contributed by atoms with Gasteiger partial charge in [-0.25, -0.2) is 4.79 Å². The van der Waals surface area contributed by atoms with E-state index in [1.54, 1.807) is 31.2 Å². The fraction of sp³-hybridized carbons (Fsp3) is 0.300. The van der Waals surface area contributed by atoms with Crippen LogP contribution >= 0.6 is 0 Å². The number of nitrogens with one attached hydrogen (secondary N) is 1. The summed E-state index contributed by atoms with van der Waals surface area (Å²) in [7, 11) is 0. The van der Waals surface area contributed by atoms with Crippen LogP contribution < -0.4 is 11.1 Å². The number of esters is 1. The summed E-state index contributed by atoms with van der Waals surface area (Å²) in [6.07, 6.45) is -0.916. The SMILES string of the molecule is CC(O)C(NC(=O)[C@H](C)N)c1ccccc1C(=O)OCc1ccccc1. The van der Waals surface area contributed by atoms with E-state index in [2.05, 4.69) is 5.32 Å². The number of hydrogen-bond acceptors (Lipinski definition) is 5. The van der Waals surface area contributed by atoms with Gasteiger partial charge in [0.1, 0.15) is 6.61 Å². The highest BCUT2D eigenvalue weighted by Crippen LogP contribution is 2.23. The van der Waals surface area contributed by atoms with E-state index in [1.807, 2.05) is 30.3 Å². The first-order chi connectivity index (χ1) is 12.4. The molecule has 0 fully saturated rings. The minimum Gasteiger partial charge on any atom is -0.457 e. The lowest BCUT2D eigenvalue weighted by Crippen LogP contribution is -2.43. The van der Waals surface area contributed by atoms with Gasteiger partial charge in [0.2, 0.25) is 5.91 Å². The minimum atomic E-state index is -0.916. The van der Waals surface area contributed by atoms with Crippen LogP contribution in [0.5, 0.6) is 0 Å². The number of amides is 1. The molecule has 0 aromatic heterocycles. The average molecular weight is 356 g/mol. The van der Waals surface area contributed by atoms with Gasteiger partial charge in [-0.3, -0.25) is 4.79 Å². The van der Waals surface area contributed by atoms with Crippen molar-refractivity contribution >= 4 is 11.9 Å². The van der Waals surface area contributed by atoms with Crippen LogP contribution in [0.25, 0.3) is 0 Å². The van der Waals surface area contributed by atoms with Crippen molar-refractivity contribution in [1.82, 2.24) is 5.32 Å². The Hall–Kier alpha value is -2.70. The lowest BCUT2D eigenvalue weighted by atomic mass is 9.96. The van der Waals surface area contributed by atoms with Gasteiger partial charge >= 0.3 is 5.97 Å². The van der Waals surface area contributed by atoms with Gasteiger partial charge in [0.15, 0.2) is 0 Å². The zero-order chi connectivity index (χ0) is 19.1. The molecule has 0 heterocycles. The van der Waals surface area contributed by atoms with E-state index in [1.165, 1.54) is 6.92 Å². The second-order valence-corrected chi connectivity index (χ2v) is 6.16. The molecule has 0 bridgehead atoms. The van der Waals surface area contributed by atoms with Crippen molar-refractivity contribution < 1.29 is 19.4 Å². The van der Waals surface area contributed by atoms with Crippen molar-refractivity contribution in [1.29, 1.82) is 0 Å². The molecule has 6 nitrogen and oxygen atoms in total. The van der Waals surface area contributed by atoms with Crippen molar-refractivity contribution in [2.24, 2.45) is 5.73 Å². The smallest absolute Gasteiger partial charge is 0.338 e. The van der Waals surface area contributed by atoms with Crippen LogP contribution in [-0.4, -0.2) is 29.1 Å². The van der Waals surface area contributed by atoms with Crippen LogP contribution in [0.1, 0.15) is 41.4 Å². The van der Waals surface area contributed by atoms with Crippen LogP contribution in [0.4, 0.5) is 0 Å². The molecule has 3 atom stereocenters. The van der Waals surface area contributed by atoms with Gasteiger partial charge in [-0.2, -0.15) is 0 Å². The standard InChI is InChI=1S/C20H24N2O4/c1-13(21)19(24)22-18(14(2)23)16-10-6-7-11-17(16)20(25)26-12-15-8-4-3-5-9-15/h3-11,13-14,18,23H,12,21H2,1-2H3,(H,22,24)/t13-,14?,18?/m0/s1. The molecule has 0 aliphatic rings. The highest BCUT2D eigenvalue weighted by atomic mass is 16.5. The molecule has 26 heavy (non-hydrogen) atoms. The maximum absolute atomic E-state index is 12.5. The molecule has 2 rings (SSSR count). The Bertz CT molecular complexity index is 744. The predicted molar refractivity (Wildman–Crippen MR) is 98.2 cm³/mol. The molecule has 2 aromatic rings. The highest BCUT2D eigenvalue weighted by Gasteiger charge is 2.26. The van der Waals surface area contributed by atoms with E-state index < -0.39 is 30.1 Å². The third-order valence-corrected chi connectivity index (χ3v) is 3.92. The molecular formula is C20H24N2O4. The number of ether oxygens (including phenoxy) is 1. The molecule has 1 amide bonds. The zero-order valence-electron chi connectivity index (χ0n) is 14.9. The normalized spacial score (nSPS) is 14.2. The second-order valence-electron chi connectivity index (χ2n) is 6.16. The van der Waals surface area contributed by atoms with Crippen molar-refractivity contribution in [2.75, 3.05) is 0 Å². The van der Waals surface area contributed by atoms with E-state index in [-0.39, 0.29) is 6.61 Å². The molecule has 0 spiro atoms. The Kier molecular flexibility index (Phi) is 6.89. The first-order valence-electron chi connectivity index (χ1n) is 8.44. The van der Waals surface area contributed by atoms with Gasteiger partial charge in [-0.15, -0.1) is 0 Å². The van der Waals surface area contributed by atoms with E-state index in [4.69, 9.17) is 10.5 Å². The zero-order valence-corrected chi connectivity index (χ0v) is 14.9. The summed E-state index contributed by atoms with van der Waals surface area (Å²) in [6, 6.07) is 14.6. The number of benzene rings is 2. The van der Waals surface area contributed by atoms with Gasteiger partial charge in [0.05, 0.1) is 23.8 Å². The van der Waals surface area contributed by atoms with Crippen molar-refractivity contribution in [3.8, 4) is 0 Å². The van der Waals surface area contributed by atoms with Gasteiger partial charge in [0, 0.05) is 0 Å². The maximum atomic E-state index is 12.5. The van der Waals surface area contributed by atoms with Gasteiger partial charge < -0.3 is 20.9 Å². The summed E-state index contributed by atoms with van der Waals surface area (Å²) in [5.74, 6) is -0.937.